The molecule has 1 saturated carbocycles. The highest BCUT2D eigenvalue weighted by atomic mass is 19.4. The van der Waals surface area contributed by atoms with Gasteiger partial charge in [-0.25, -0.2) is 4.79 Å². The van der Waals surface area contributed by atoms with Crippen LogP contribution in [0.25, 0.3) is 0 Å². The molecule has 144 valence electrons. The molecule has 0 aromatic heterocycles. The second-order valence-corrected chi connectivity index (χ2v) is 6.31. The SMILES string of the molecule is COc1ccc(C2(NC(=O)Nc3ccc(C(F)(F)F)cc3)CC2)cc1OC. The minimum absolute atomic E-state index is 0.281. The molecule has 2 aromatic rings. The molecule has 27 heavy (non-hydrogen) atoms. The first kappa shape index (κ1) is 18.9. The zero-order valence-corrected chi connectivity index (χ0v) is 14.8. The summed E-state index contributed by atoms with van der Waals surface area (Å²) in [6.45, 7) is 0. The van der Waals surface area contributed by atoms with Crippen molar-refractivity contribution in [3.63, 3.8) is 0 Å². The number of nitrogens with one attached hydrogen (secondary N) is 2. The van der Waals surface area contributed by atoms with Crippen molar-refractivity contribution >= 4 is 11.7 Å². The molecule has 2 amide bonds. The summed E-state index contributed by atoms with van der Waals surface area (Å²) >= 11 is 0. The Balaban J connectivity index is 1.69. The van der Waals surface area contributed by atoms with Gasteiger partial charge in [-0.2, -0.15) is 13.2 Å². The largest absolute Gasteiger partial charge is 0.493 e. The molecule has 1 aliphatic rings. The van der Waals surface area contributed by atoms with Gasteiger partial charge in [-0.1, -0.05) is 6.07 Å². The van der Waals surface area contributed by atoms with E-state index in [1.807, 2.05) is 12.1 Å². The number of methoxy groups -OCH3 is 2. The van der Waals surface area contributed by atoms with E-state index in [2.05, 4.69) is 10.6 Å². The number of rotatable bonds is 5. The Kier molecular flexibility index (Phi) is 4.91. The first-order valence-corrected chi connectivity index (χ1v) is 8.26. The maximum atomic E-state index is 12.6. The molecule has 2 aromatic carbocycles. The van der Waals surface area contributed by atoms with Crippen LogP contribution < -0.4 is 20.1 Å². The van der Waals surface area contributed by atoms with E-state index < -0.39 is 23.3 Å². The van der Waals surface area contributed by atoms with Crippen LogP contribution >= 0.6 is 0 Å². The second kappa shape index (κ2) is 7.02. The number of carbonyl (C=O) groups is 1. The van der Waals surface area contributed by atoms with Crippen LogP contribution in [0.2, 0.25) is 0 Å². The van der Waals surface area contributed by atoms with Gasteiger partial charge in [-0.15, -0.1) is 0 Å². The van der Waals surface area contributed by atoms with Crippen molar-refractivity contribution in [1.82, 2.24) is 5.32 Å². The van der Waals surface area contributed by atoms with Gasteiger partial charge >= 0.3 is 12.2 Å². The van der Waals surface area contributed by atoms with Crippen LogP contribution in [0.4, 0.5) is 23.7 Å². The molecule has 3 rings (SSSR count). The van der Waals surface area contributed by atoms with Crippen molar-refractivity contribution in [3.8, 4) is 11.5 Å². The molecule has 0 spiro atoms. The highest BCUT2D eigenvalue weighted by Crippen LogP contribution is 2.47. The number of ether oxygens (including phenoxy) is 2. The fraction of sp³-hybridized carbons (Fsp3) is 0.316. The molecule has 0 unspecified atom stereocenters. The minimum atomic E-state index is -4.41. The highest BCUT2D eigenvalue weighted by Gasteiger charge is 2.46. The Bertz CT molecular complexity index is 831. The van der Waals surface area contributed by atoms with E-state index in [-0.39, 0.29) is 5.69 Å². The van der Waals surface area contributed by atoms with Gasteiger partial charge in [0.2, 0.25) is 0 Å². The van der Waals surface area contributed by atoms with Gasteiger partial charge in [0.1, 0.15) is 0 Å². The number of urea groups is 1. The van der Waals surface area contributed by atoms with E-state index in [1.54, 1.807) is 13.2 Å². The summed E-state index contributed by atoms with van der Waals surface area (Å²) in [5, 5.41) is 5.46. The Hall–Kier alpha value is -2.90. The van der Waals surface area contributed by atoms with Crippen LogP contribution in [0.5, 0.6) is 11.5 Å². The fourth-order valence-corrected chi connectivity index (χ4v) is 2.87. The van der Waals surface area contributed by atoms with Crippen LogP contribution in [0.3, 0.4) is 0 Å². The zero-order chi connectivity index (χ0) is 19.7. The molecule has 8 heteroatoms. The van der Waals surface area contributed by atoms with Crippen molar-refractivity contribution in [1.29, 1.82) is 0 Å². The lowest BCUT2D eigenvalue weighted by Crippen LogP contribution is -2.38. The van der Waals surface area contributed by atoms with Crippen LogP contribution in [-0.4, -0.2) is 20.3 Å². The molecule has 2 N–H and O–H groups in total. The topological polar surface area (TPSA) is 59.6 Å². The number of alkyl halides is 3. The third-order valence-corrected chi connectivity index (χ3v) is 4.51. The van der Waals surface area contributed by atoms with Crippen LogP contribution in [0.15, 0.2) is 42.5 Å². The van der Waals surface area contributed by atoms with Crippen LogP contribution in [0.1, 0.15) is 24.0 Å². The van der Waals surface area contributed by atoms with Crippen LogP contribution in [-0.2, 0) is 11.7 Å². The minimum Gasteiger partial charge on any atom is -0.493 e. The van der Waals surface area contributed by atoms with Gasteiger partial charge in [0.25, 0.3) is 0 Å². The number of benzene rings is 2. The van der Waals surface area contributed by atoms with Crippen molar-refractivity contribution in [2.45, 2.75) is 24.6 Å². The van der Waals surface area contributed by atoms with Gasteiger partial charge in [0.05, 0.1) is 25.3 Å². The van der Waals surface area contributed by atoms with E-state index in [0.717, 1.165) is 30.5 Å². The lowest BCUT2D eigenvalue weighted by Gasteiger charge is -2.20. The predicted octanol–water partition coefficient (Wildman–Crippen LogP) is 4.53. The molecule has 1 aliphatic carbocycles. The molecule has 0 saturated heterocycles. The molecule has 0 aliphatic heterocycles. The molecule has 5 nitrogen and oxygen atoms in total. The zero-order valence-electron chi connectivity index (χ0n) is 14.8. The summed E-state index contributed by atoms with van der Waals surface area (Å²) in [7, 11) is 3.08. The average molecular weight is 380 g/mol. The molecule has 0 heterocycles. The third kappa shape index (κ3) is 4.10. The summed E-state index contributed by atoms with van der Waals surface area (Å²) in [5.41, 5.74) is -0.126. The number of halogens is 3. The van der Waals surface area contributed by atoms with Gasteiger partial charge in [-0.3, -0.25) is 0 Å². The Morgan fingerprint density at radius 1 is 1.00 bits per heavy atom. The van der Waals surface area contributed by atoms with E-state index in [1.165, 1.54) is 19.2 Å². The second-order valence-electron chi connectivity index (χ2n) is 6.31. The molecule has 0 bridgehead atoms. The smallest absolute Gasteiger partial charge is 0.416 e. The lowest BCUT2D eigenvalue weighted by molar-refractivity contribution is -0.137. The maximum absolute atomic E-state index is 12.6. The highest BCUT2D eigenvalue weighted by molar-refractivity contribution is 5.90. The Morgan fingerprint density at radius 3 is 2.15 bits per heavy atom. The van der Waals surface area contributed by atoms with Gasteiger partial charge in [-0.05, 0) is 54.8 Å². The molecular weight excluding hydrogens is 361 g/mol. The summed E-state index contributed by atoms with van der Waals surface area (Å²) in [5.74, 6) is 1.15. The summed E-state index contributed by atoms with van der Waals surface area (Å²) in [6, 6.07) is 9.24. The predicted molar refractivity (Wildman–Crippen MR) is 94.1 cm³/mol. The van der Waals surface area contributed by atoms with E-state index in [9.17, 15) is 18.0 Å². The monoisotopic (exact) mass is 380 g/mol. The van der Waals surface area contributed by atoms with Crippen LogP contribution in [0, 0.1) is 0 Å². The summed E-state index contributed by atoms with van der Waals surface area (Å²) in [4.78, 5) is 12.3. The van der Waals surface area contributed by atoms with Crippen molar-refractivity contribution in [2.24, 2.45) is 0 Å². The lowest BCUT2D eigenvalue weighted by atomic mass is 10.0. The standard InChI is InChI=1S/C19H19F3N2O3/c1-26-15-8-5-13(11-16(15)27-2)18(9-10-18)24-17(25)23-14-6-3-12(4-7-14)19(20,21)22/h3-8,11H,9-10H2,1-2H3,(H2,23,24,25). The fourth-order valence-electron chi connectivity index (χ4n) is 2.87. The molecular formula is C19H19F3N2O3. The Labute approximate surface area is 154 Å². The van der Waals surface area contributed by atoms with Crippen molar-refractivity contribution < 1.29 is 27.4 Å². The quantitative estimate of drug-likeness (QED) is 0.801. The van der Waals surface area contributed by atoms with Gasteiger partial charge in [0, 0.05) is 5.69 Å². The van der Waals surface area contributed by atoms with Crippen molar-refractivity contribution in [2.75, 3.05) is 19.5 Å². The first-order chi connectivity index (χ1) is 12.8. The summed E-state index contributed by atoms with van der Waals surface area (Å²) in [6.07, 6.45) is -2.90. The number of amides is 2. The number of carbonyl (C=O) groups excluding carboxylic acids is 1. The molecule has 1 fully saturated rings. The number of hydrogen-bond donors (Lipinski definition) is 2. The molecule has 0 atom stereocenters. The summed E-state index contributed by atoms with van der Waals surface area (Å²) < 4.78 is 48.3. The van der Waals surface area contributed by atoms with E-state index >= 15 is 0 Å². The van der Waals surface area contributed by atoms with E-state index in [0.29, 0.717) is 11.5 Å². The first-order valence-electron chi connectivity index (χ1n) is 8.26. The van der Waals surface area contributed by atoms with Crippen molar-refractivity contribution in [3.05, 3.63) is 53.6 Å². The molecule has 0 radical (unpaired) electrons. The van der Waals surface area contributed by atoms with Gasteiger partial charge in [0.15, 0.2) is 11.5 Å². The average Bonchev–Trinajstić information content (AvgIpc) is 3.41. The Morgan fingerprint density at radius 2 is 1.63 bits per heavy atom. The van der Waals surface area contributed by atoms with Gasteiger partial charge < -0.3 is 20.1 Å². The normalized spacial score (nSPS) is 15.0. The third-order valence-electron chi connectivity index (χ3n) is 4.51. The maximum Gasteiger partial charge on any atom is 0.416 e. The number of anilines is 1. The van der Waals surface area contributed by atoms with E-state index in [4.69, 9.17) is 9.47 Å². The number of hydrogen-bond acceptors (Lipinski definition) is 3.